The minimum absolute atomic E-state index is 0.149. The first-order valence-corrected chi connectivity index (χ1v) is 42.2. The van der Waals surface area contributed by atoms with Crippen LogP contribution >= 0.6 is 0 Å². The van der Waals surface area contributed by atoms with Crippen molar-refractivity contribution in [2.45, 2.75) is 120 Å². The summed E-state index contributed by atoms with van der Waals surface area (Å²) in [5.41, 5.74) is 36.9. The van der Waals surface area contributed by atoms with Crippen molar-refractivity contribution in [1.29, 1.82) is 0 Å². The highest BCUT2D eigenvalue weighted by Gasteiger charge is 2.51. The fourth-order valence-electron chi connectivity index (χ4n) is 21.8. The summed E-state index contributed by atoms with van der Waals surface area (Å²) in [6.07, 6.45) is 0. The zero-order valence-electron chi connectivity index (χ0n) is 70.1. The van der Waals surface area contributed by atoms with Crippen molar-refractivity contribution in [2.75, 3.05) is 9.80 Å². The van der Waals surface area contributed by atoms with E-state index in [1.54, 1.807) is 0 Å². The van der Waals surface area contributed by atoms with Crippen molar-refractivity contribution < 1.29 is 32.2 Å². The Hall–Kier alpha value is -13.3. The summed E-state index contributed by atoms with van der Waals surface area (Å²) >= 11 is 0. The summed E-state index contributed by atoms with van der Waals surface area (Å²) in [7, 11) is 0. The highest BCUT2D eigenvalue weighted by atomic mass is 16.5. The Bertz CT molecular complexity index is 7640. The lowest BCUT2D eigenvalue weighted by atomic mass is 9.29. The van der Waals surface area contributed by atoms with E-state index < -0.39 is 6.71 Å². The number of furan rings is 3. The molecule has 0 atom stereocenters. The molecule has 24 rings (SSSR count). The summed E-state index contributed by atoms with van der Waals surface area (Å²) < 4.78 is 52.4. The molecule has 578 valence electrons. The minimum atomic E-state index is -0.406. The highest BCUT2D eigenvalue weighted by molar-refractivity contribution is 7.03. The third kappa shape index (κ3) is 10.0. The van der Waals surface area contributed by atoms with Gasteiger partial charge in [-0.2, -0.15) is 0 Å². The molecule has 3 aromatic heterocycles. The molecule has 0 radical (unpaired) electrons. The van der Waals surface area contributed by atoms with E-state index in [4.69, 9.17) is 32.2 Å². The van der Waals surface area contributed by atoms with Crippen LogP contribution in [0.1, 0.15) is 112 Å². The first-order valence-electron chi connectivity index (χ1n) is 42.2. The van der Waals surface area contributed by atoms with Crippen LogP contribution in [-0.4, -0.2) is 20.1 Å². The minimum Gasteiger partial charge on any atom is -0.458 e. The van der Waals surface area contributed by atoms with Gasteiger partial charge < -0.3 is 42.0 Å². The number of benzene rings is 15. The van der Waals surface area contributed by atoms with Crippen LogP contribution in [0.5, 0.6) is 46.0 Å². The van der Waals surface area contributed by atoms with Crippen molar-refractivity contribution in [2.24, 2.45) is 0 Å². The van der Waals surface area contributed by atoms with Gasteiger partial charge in [-0.1, -0.05) is 255 Å². The van der Waals surface area contributed by atoms with E-state index in [0.717, 1.165) is 256 Å². The van der Waals surface area contributed by atoms with Crippen LogP contribution in [0.2, 0.25) is 0 Å². The Morgan fingerprint density at radius 1 is 0.242 bits per heavy atom. The summed E-state index contributed by atoms with van der Waals surface area (Å²) in [5, 5.41) is 6.48. The SMILES string of the molecule is Cc1cc(C)c(N2c3cc4c(cc3B3c5cc6c(cc5Oc5cc(-c7cccc8c7oc7c(C(C)(C)C)cccc78)cc2c53)N(c2c(C)cc(C)cc2C)c2cc(-c3cccc5c3oc3c(C(C)(C)C)cccc35)cc3c2B6c2ccccc2O3)B2c3ccccc3Oc3cc(-c5cccc6c5oc5c(C(C)(C)C)cccc56)cc(c32)O4)c(C)c1. The van der Waals surface area contributed by atoms with Gasteiger partial charge in [0.2, 0.25) is 0 Å². The zero-order chi connectivity index (χ0) is 81.5. The lowest BCUT2D eigenvalue weighted by molar-refractivity contribution is 0.465. The summed E-state index contributed by atoms with van der Waals surface area (Å²) in [6, 6.07) is 89.7. The number of hydrogen-bond donors (Lipinski definition) is 0. The normalized spacial score (nSPS) is 14.0. The summed E-state index contributed by atoms with van der Waals surface area (Å²) in [6.45, 7) is 32.8. The van der Waals surface area contributed by atoms with Gasteiger partial charge >= 0.3 is 0 Å². The second kappa shape index (κ2) is 24.7. The van der Waals surface area contributed by atoms with Gasteiger partial charge in [-0.05, 0) is 189 Å². The smallest absolute Gasteiger partial charge is 0.260 e. The fourth-order valence-corrected chi connectivity index (χ4v) is 21.8. The van der Waals surface area contributed by atoms with Gasteiger partial charge in [-0.15, -0.1) is 0 Å². The van der Waals surface area contributed by atoms with Gasteiger partial charge in [0, 0.05) is 106 Å². The molecule has 0 N–H and O–H groups in total. The van der Waals surface area contributed by atoms with Gasteiger partial charge in [0.1, 0.15) is 79.5 Å². The van der Waals surface area contributed by atoms with E-state index in [1.165, 1.54) is 22.3 Å². The third-order valence-corrected chi connectivity index (χ3v) is 26.7. The topological polar surface area (TPSA) is 82.8 Å². The van der Waals surface area contributed by atoms with Crippen molar-refractivity contribution in [3.63, 3.8) is 0 Å². The van der Waals surface area contributed by atoms with Crippen molar-refractivity contribution in [3.05, 3.63) is 293 Å². The van der Waals surface area contributed by atoms with Crippen LogP contribution in [-0.2, 0) is 16.2 Å². The van der Waals surface area contributed by atoms with Crippen LogP contribution < -0.4 is 77.9 Å². The molecule has 6 aliphatic rings. The van der Waals surface area contributed by atoms with E-state index in [-0.39, 0.29) is 29.7 Å². The molecule has 0 fully saturated rings. The molecule has 18 aromatic rings. The number of anilines is 6. The van der Waals surface area contributed by atoms with Crippen LogP contribution in [0, 0.1) is 41.5 Å². The molecule has 120 heavy (non-hydrogen) atoms. The molecule has 0 bridgehead atoms. The lowest BCUT2D eigenvalue weighted by Gasteiger charge is -2.44. The lowest BCUT2D eigenvalue weighted by Crippen LogP contribution is -2.64. The quantitative estimate of drug-likeness (QED) is 0.157. The average Bonchev–Trinajstić information content (AvgIpc) is 0.830. The molecule has 15 aromatic carbocycles. The number of rotatable bonds is 5. The molecule has 0 spiro atoms. The van der Waals surface area contributed by atoms with E-state index in [1.807, 2.05) is 0 Å². The molecular formula is C108H85B3N2O7. The molecule has 0 aliphatic carbocycles. The molecule has 6 aliphatic heterocycles. The van der Waals surface area contributed by atoms with Crippen molar-refractivity contribution >= 4 is 169 Å². The molecule has 9 heterocycles. The zero-order valence-corrected chi connectivity index (χ0v) is 70.1. The molecular weight excluding hydrogens is 1470 g/mol. The van der Waals surface area contributed by atoms with Gasteiger partial charge in [0.15, 0.2) is 0 Å². The number of para-hydroxylation sites is 8. The molecule has 0 saturated carbocycles. The van der Waals surface area contributed by atoms with Crippen LogP contribution in [0.15, 0.2) is 256 Å². The fraction of sp³-hybridized carbons (Fsp3) is 0.167. The van der Waals surface area contributed by atoms with Crippen molar-refractivity contribution in [1.82, 2.24) is 0 Å². The molecule has 9 nitrogen and oxygen atoms in total. The first-order chi connectivity index (χ1) is 57.8. The number of hydrogen-bond acceptors (Lipinski definition) is 9. The van der Waals surface area contributed by atoms with Crippen molar-refractivity contribution in [3.8, 4) is 79.4 Å². The molecule has 0 unspecified atom stereocenters. The molecule has 12 heteroatoms. The molecule has 0 saturated heterocycles. The Labute approximate surface area is 699 Å². The maximum Gasteiger partial charge on any atom is 0.260 e. The van der Waals surface area contributed by atoms with Crippen LogP contribution in [0.4, 0.5) is 34.1 Å². The predicted octanol–water partition coefficient (Wildman–Crippen LogP) is 23.7. The second-order valence-electron chi connectivity index (χ2n) is 37.7. The number of aryl methyl sites for hydroxylation is 6. The first kappa shape index (κ1) is 70.9. The molecule has 0 amide bonds. The van der Waals surface area contributed by atoms with E-state index >= 15 is 0 Å². The standard InChI is InChI=1S/C108H85B3N2O7/c1-56-42-58(3)98(59(4)43-56)112-83-54-90-82(52-79(83)109-77-38-16-18-40-87(77)114-91-48-62(46-85(112)95(91)109)65-26-20-29-68-71-32-23-35-74(106(7,8)9)103(71)118-100(65)68)111-80-53-81-89(117-94-51-64(50-93-97(94)110(81)78-39-17-19-41-88(78)115-93)67-28-22-31-70-73-34-25-37-76(108(13,14)15)105(73)120-102(67)70)55-84(80)113(99-60(5)44-57(2)45-61(99)6)86-47-63(49-92(116-90)96(86)111)66-27-21-30-69-72-33-24-36-75(107(10,11)12)104(72)119-101(66)69/h16-55H,1-15H3. The van der Waals surface area contributed by atoms with Gasteiger partial charge in [0.05, 0.1) is 11.4 Å². The maximum absolute atomic E-state index is 8.11. The monoisotopic (exact) mass is 1550 g/mol. The van der Waals surface area contributed by atoms with Crippen LogP contribution in [0.25, 0.3) is 99.2 Å². The number of ether oxygens (including phenoxy) is 4. The third-order valence-electron chi connectivity index (χ3n) is 26.7. The predicted molar refractivity (Wildman–Crippen MR) is 499 cm³/mol. The Morgan fingerprint density at radius 2 is 0.542 bits per heavy atom. The highest BCUT2D eigenvalue weighted by Crippen LogP contribution is 2.54. The van der Waals surface area contributed by atoms with Gasteiger partial charge in [0.25, 0.3) is 20.1 Å². The van der Waals surface area contributed by atoms with E-state index in [2.05, 4.69) is 356 Å². The second-order valence-corrected chi connectivity index (χ2v) is 37.7. The van der Waals surface area contributed by atoms with E-state index in [9.17, 15) is 0 Å². The largest absolute Gasteiger partial charge is 0.458 e. The van der Waals surface area contributed by atoms with E-state index in [0.29, 0.717) is 0 Å². The van der Waals surface area contributed by atoms with Crippen LogP contribution in [0.3, 0.4) is 0 Å². The Balaban J connectivity index is 0.780. The number of fused-ring (bicyclic) bond motifs is 21. The van der Waals surface area contributed by atoms with Gasteiger partial charge in [-0.3, -0.25) is 0 Å². The number of nitrogens with zero attached hydrogens (tertiary/aromatic N) is 2. The Kier molecular flexibility index (Phi) is 14.6. The van der Waals surface area contributed by atoms with Gasteiger partial charge in [-0.25, -0.2) is 0 Å². The Morgan fingerprint density at radius 3 is 0.900 bits per heavy atom. The summed E-state index contributed by atoms with van der Waals surface area (Å²) in [5.74, 6) is 6.20. The summed E-state index contributed by atoms with van der Waals surface area (Å²) in [4.78, 5) is 5.08. The average molecular weight is 1560 g/mol. The maximum atomic E-state index is 8.11.